The van der Waals surface area contributed by atoms with Gasteiger partial charge < -0.3 is 4.98 Å². The van der Waals surface area contributed by atoms with Crippen molar-refractivity contribution in [1.29, 1.82) is 0 Å². The molecule has 0 aliphatic heterocycles. The van der Waals surface area contributed by atoms with Gasteiger partial charge >= 0.3 is 0 Å². The van der Waals surface area contributed by atoms with Crippen molar-refractivity contribution in [2.24, 2.45) is 0 Å². The van der Waals surface area contributed by atoms with Gasteiger partial charge in [-0.1, -0.05) is 0 Å². The monoisotopic (exact) mass is 261 g/mol. The van der Waals surface area contributed by atoms with E-state index in [-0.39, 0.29) is 5.82 Å². The van der Waals surface area contributed by atoms with Crippen molar-refractivity contribution in [3.63, 3.8) is 0 Å². The smallest absolute Gasteiger partial charge is 0.132 e. The molecule has 0 fully saturated rings. The summed E-state index contributed by atoms with van der Waals surface area (Å²) in [4.78, 5) is 2.98. The topological polar surface area (TPSA) is 15.8 Å². The lowest BCUT2D eigenvalue weighted by molar-refractivity contribution is 0.639. The zero-order valence-electron chi connectivity index (χ0n) is 6.57. The molecule has 13 heavy (non-hydrogen) atoms. The summed E-state index contributed by atoms with van der Waals surface area (Å²) in [6, 6.07) is 3.10. The number of benzene rings is 1. The minimum atomic E-state index is -0.241. The molecule has 0 saturated carbocycles. The Labute approximate surface area is 88.0 Å². The van der Waals surface area contributed by atoms with E-state index in [1.54, 1.807) is 12.3 Å². The van der Waals surface area contributed by atoms with Gasteiger partial charge in [0.25, 0.3) is 0 Å². The number of nitrogens with one attached hydrogen (secondary N) is 1. The van der Waals surface area contributed by atoms with Crippen molar-refractivity contribution in [2.75, 3.05) is 0 Å². The molecule has 0 unspecified atom stereocenters. The average Bonchev–Trinajstić information content (AvgIpc) is 2.56. The van der Waals surface area contributed by atoms with Crippen LogP contribution in [0, 0.1) is 5.82 Å². The van der Waals surface area contributed by atoms with Crippen LogP contribution in [0.4, 0.5) is 4.39 Å². The number of hydrogen-bond donors (Lipinski definition) is 1. The van der Waals surface area contributed by atoms with Crippen LogP contribution in [-0.4, -0.2) is 4.98 Å². The van der Waals surface area contributed by atoms with E-state index in [1.807, 2.05) is 0 Å². The maximum Gasteiger partial charge on any atom is 0.132 e. The molecule has 0 aliphatic carbocycles. The molecule has 0 spiro atoms. The summed E-state index contributed by atoms with van der Waals surface area (Å²) < 4.78 is 14.2. The van der Waals surface area contributed by atoms with E-state index < -0.39 is 0 Å². The van der Waals surface area contributed by atoms with Crippen LogP contribution in [0.15, 0.2) is 22.8 Å². The van der Waals surface area contributed by atoms with Gasteiger partial charge in [-0.15, -0.1) is 11.6 Å². The lowest BCUT2D eigenvalue weighted by Gasteiger charge is -1.97. The molecule has 68 valence electrons. The Morgan fingerprint density at radius 1 is 1.46 bits per heavy atom. The Morgan fingerprint density at radius 3 is 2.92 bits per heavy atom. The molecule has 4 heteroatoms. The standard InChI is InChI=1S/C9H6BrClFN/c10-6-1-2-7(12)8-5(3-11)4-13-9(6)8/h1-2,4,13H,3H2. The van der Waals surface area contributed by atoms with Crippen molar-refractivity contribution in [1.82, 2.24) is 4.98 Å². The zero-order valence-corrected chi connectivity index (χ0v) is 8.91. The van der Waals surface area contributed by atoms with Gasteiger partial charge in [-0.3, -0.25) is 0 Å². The molecule has 0 radical (unpaired) electrons. The van der Waals surface area contributed by atoms with Gasteiger partial charge in [0.15, 0.2) is 0 Å². The molecule has 0 bridgehead atoms. The van der Waals surface area contributed by atoms with E-state index in [0.29, 0.717) is 11.3 Å². The Bertz CT molecular complexity index is 452. The first kappa shape index (κ1) is 9.03. The van der Waals surface area contributed by atoms with Crippen molar-refractivity contribution >= 4 is 38.4 Å². The van der Waals surface area contributed by atoms with Crippen LogP contribution in [0.1, 0.15) is 5.56 Å². The minimum Gasteiger partial charge on any atom is -0.360 e. The largest absolute Gasteiger partial charge is 0.360 e. The summed E-state index contributed by atoms with van der Waals surface area (Å²) in [5.41, 5.74) is 1.55. The third-order valence-electron chi connectivity index (χ3n) is 1.96. The molecular formula is C9H6BrClFN. The molecule has 1 nitrogen and oxygen atoms in total. The highest BCUT2D eigenvalue weighted by Gasteiger charge is 2.09. The summed E-state index contributed by atoms with van der Waals surface area (Å²) in [6.07, 6.45) is 1.73. The third kappa shape index (κ3) is 1.36. The highest BCUT2D eigenvalue weighted by molar-refractivity contribution is 9.10. The molecule has 0 amide bonds. The van der Waals surface area contributed by atoms with Crippen LogP contribution in [0.3, 0.4) is 0 Å². The van der Waals surface area contributed by atoms with Crippen LogP contribution in [0.25, 0.3) is 10.9 Å². The van der Waals surface area contributed by atoms with Crippen molar-refractivity contribution < 1.29 is 4.39 Å². The van der Waals surface area contributed by atoms with Gasteiger partial charge in [0.2, 0.25) is 0 Å². The van der Waals surface area contributed by atoms with Crippen LogP contribution in [0.2, 0.25) is 0 Å². The summed E-state index contributed by atoms with van der Waals surface area (Å²) in [6.45, 7) is 0. The van der Waals surface area contributed by atoms with Crippen LogP contribution in [-0.2, 0) is 5.88 Å². The summed E-state index contributed by atoms with van der Waals surface area (Å²) in [5, 5.41) is 0.573. The van der Waals surface area contributed by atoms with E-state index in [0.717, 1.165) is 15.6 Å². The Hall–Kier alpha value is -0.540. The highest BCUT2D eigenvalue weighted by atomic mass is 79.9. The number of H-pyrrole nitrogens is 1. The molecule has 1 heterocycles. The fourth-order valence-electron chi connectivity index (χ4n) is 1.34. The molecule has 1 aromatic heterocycles. The fourth-order valence-corrected chi connectivity index (χ4v) is 2.00. The van der Waals surface area contributed by atoms with E-state index in [1.165, 1.54) is 6.07 Å². The lowest BCUT2D eigenvalue weighted by atomic mass is 10.2. The second-order valence-electron chi connectivity index (χ2n) is 2.73. The highest BCUT2D eigenvalue weighted by Crippen LogP contribution is 2.28. The first-order valence-corrected chi connectivity index (χ1v) is 5.06. The fraction of sp³-hybridized carbons (Fsp3) is 0.111. The number of rotatable bonds is 1. The van der Waals surface area contributed by atoms with Gasteiger partial charge in [-0.2, -0.15) is 0 Å². The zero-order chi connectivity index (χ0) is 9.42. The normalized spacial score (nSPS) is 11.0. The Morgan fingerprint density at radius 2 is 2.23 bits per heavy atom. The molecule has 0 saturated heterocycles. The van der Waals surface area contributed by atoms with E-state index >= 15 is 0 Å². The van der Waals surface area contributed by atoms with E-state index in [4.69, 9.17) is 11.6 Å². The minimum absolute atomic E-state index is 0.241. The molecule has 0 atom stereocenters. The van der Waals surface area contributed by atoms with Crippen molar-refractivity contribution in [3.8, 4) is 0 Å². The maximum absolute atomic E-state index is 13.3. The molecular weight excluding hydrogens is 256 g/mol. The second-order valence-corrected chi connectivity index (χ2v) is 3.85. The predicted octanol–water partition coefficient (Wildman–Crippen LogP) is 3.81. The van der Waals surface area contributed by atoms with Crippen LogP contribution < -0.4 is 0 Å². The third-order valence-corrected chi connectivity index (χ3v) is 2.91. The van der Waals surface area contributed by atoms with Crippen molar-refractivity contribution in [2.45, 2.75) is 5.88 Å². The van der Waals surface area contributed by atoms with Gasteiger partial charge in [-0.25, -0.2) is 4.39 Å². The number of fused-ring (bicyclic) bond motifs is 1. The predicted molar refractivity (Wildman–Crippen MR) is 55.5 cm³/mol. The Kier molecular flexibility index (Phi) is 2.30. The quantitative estimate of drug-likeness (QED) is 0.752. The lowest BCUT2D eigenvalue weighted by Crippen LogP contribution is -1.80. The molecule has 2 aromatic rings. The number of alkyl halides is 1. The van der Waals surface area contributed by atoms with Gasteiger partial charge in [0.1, 0.15) is 5.82 Å². The van der Waals surface area contributed by atoms with Gasteiger partial charge in [0, 0.05) is 21.9 Å². The first-order valence-electron chi connectivity index (χ1n) is 3.74. The van der Waals surface area contributed by atoms with Gasteiger partial charge in [-0.05, 0) is 33.6 Å². The summed E-state index contributed by atoms with van der Waals surface area (Å²) >= 11 is 9.00. The van der Waals surface area contributed by atoms with Crippen LogP contribution >= 0.6 is 27.5 Å². The van der Waals surface area contributed by atoms with Crippen LogP contribution in [0.5, 0.6) is 0 Å². The molecule has 0 aliphatic rings. The SMILES string of the molecule is Fc1ccc(Br)c2[nH]cc(CCl)c12. The number of hydrogen-bond acceptors (Lipinski definition) is 0. The number of aromatic nitrogens is 1. The second kappa shape index (κ2) is 3.31. The first-order chi connectivity index (χ1) is 6.24. The number of halogens is 3. The number of aromatic amines is 1. The maximum atomic E-state index is 13.3. The summed E-state index contributed by atoms with van der Waals surface area (Å²) in [7, 11) is 0. The molecule has 2 rings (SSSR count). The molecule has 1 aromatic carbocycles. The Balaban J connectivity index is 2.87. The van der Waals surface area contributed by atoms with Gasteiger partial charge in [0.05, 0.1) is 5.52 Å². The average molecular weight is 263 g/mol. The van der Waals surface area contributed by atoms with Crippen molar-refractivity contribution in [3.05, 3.63) is 34.2 Å². The van der Waals surface area contributed by atoms with E-state index in [2.05, 4.69) is 20.9 Å². The molecule has 1 N–H and O–H groups in total. The van der Waals surface area contributed by atoms with E-state index in [9.17, 15) is 4.39 Å². The summed E-state index contributed by atoms with van der Waals surface area (Å²) in [5.74, 6) is 0.0722.